The van der Waals surface area contributed by atoms with Crippen LogP contribution in [0, 0.1) is 0 Å². The number of carbonyl (C=O) groups excluding carboxylic acids is 1. The minimum atomic E-state index is -0.0499. The SMILES string of the molecule is CCOc1cccc(C(=O)NC(CC)c2ccc3c(c2)CCCC3)c1. The Bertz CT molecular complexity index is 739. The van der Waals surface area contributed by atoms with E-state index in [0.717, 1.165) is 18.6 Å². The molecule has 25 heavy (non-hydrogen) atoms. The molecule has 1 amide bonds. The fourth-order valence-electron chi connectivity index (χ4n) is 3.53. The molecule has 132 valence electrons. The van der Waals surface area contributed by atoms with Gasteiger partial charge in [0.05, 0.1) is 12.6 Å². The van der Waals surface area contributed by atoms with Crippen LogP contribution in [0.3, 0.4) is 0 Å². The maximum atomic E-state index is 12.7. The molecule has 0 saturated carbocycles. The van der Waals surface area contributed by atoms with Crippen LogP contribution in [0.4, 0.5) is 0 Å². The Morgan fingerprint density at radius 3 is 2.64 bits per heavy atom. The Morgan fingerprint density at radius 1 is 1.08 bits per heavy atom. The van der Waals surface area contributed by atoms with Crippen LogP contribution in [0.15, 0.2) is 42.5 Å². The second-order valence-electron chi connectivity index (χ2n) is 6.63. The first-order valence-electron chi connectivity index (χ1n) is 9.36. The smallest absolute Gasteiger partial charge is 0.251 e. The van der Waals surface area contributed by atoms with Crippen LogP contribution in [0.2, 0.25) is 0 Å². The van der Waals surface area contributed by atoms with Crippen LogP contribution in [-0.2, 0) is 12.8 Å². The summed E-state index contributed by atoms with van der Waals surface area (Å²) in [5.74, 6) is 0.683. The van der Waals surface area contributed by atoms with Crippen LogP contribution < -0.4 is 10.1 Å². The van der Waals surface area contributed by atoms with E-state index < -0.39 is 0 Å². The third-order valence-corrected chi connectivity index (χ3v) is 4.90. The number of hydrogen-bond acceptors (Lipinski definition) is 2. The van der Waals surface area contributed by atoms with Gasteiger partial charge in [0, 0.05) is 5.56 Å². The molecular formula is C22H27NO2. The number of fused-ring (bicyclic) bond motifs is 1. The second-order valence-corrected chi connectivity index (χ2v) is 6.63. The predicted molar refractivity (Wildman–Crippen MR) is 101 cm³/mol. The number of benzene rings is 2. The first kappa shape index (κ1) is 17.5. The van der Waals surface area contributed by atoms with E-state index in [2.05, 4.69) is 30.4 Å². The van der Waals surface area contributed by atoms with E-state index in [1.165, 1.54) is 36.0 Å². The summed E-state index contributed by atoms with van der Waals surface area (Å²) in [5, 5.41) is 3.18. The number of aryl methyl sites for hydroxylation is 2. The predicted octanol–water partition coefficient (Wildman–Crippen LogP) is 4.85. The lowest BCUT2D eigenvalue weighted by atomic mass is 9.88. The van der Waals surface area contributed by atoms with E-state index >= 15 is 0 Å². The first-order chi connectivity index (χ1) is 12.2. The number of rotatable bonds is 6. The summed E-state index contributed by atoms with van der Waals surface area (Å²) < 4.78 is 5.49. The van der Waals surface area contributed by atoms with Crippen LogP contribution in [-0.4, -0.2) is 12.5 Å². The lowest BCUT2D eigenvalue weighted by Crippen LogP contribution is -2.28. The van der Waals surface area contributed by atoms with E-state index in [9.17, 15) is 4.79 Å². The molecule has 1 atom stereocenters. The van der Waals surface area contributed by atoms with Crippen molar-refractivity contribution < 1.29 is 9.53 Å². The van der Waals surface area contributed by atoms with Crippen LogP contribution >= 0.6 is 0 Å². The highest BCUT2D eigenvalue weighted by molar-refractivity contribution is 5.94. The van der Waals surface area contributed by atoms with Gasteiger partial charge in [0.25, 0.3) is 5.91 Å². The molecule has 0 radical (unpaired) electrons. The molecule has 0 fully saturated rings. The first-order valence-corrected chi connectivity index (χ1v) is 9.36. The second kappa shape index (κ2) is 8.19. The molecule has 2 aromatic carbocycles. The van der Waals surface area contributed by atoms with Gasteiger partial charge in [0.2, 0.25) is 0 Å². The van der Waals surface area contributed by atoms with Crippen molar-refractivity contribution in [2.45, 2.75) is 52.0 Å². The zero-order chi connectivity index (χ0) is 17.6. The standard InChI is InChI=1S/C22H27NO2/c1-3-21(18-13-12-16-8-5-6-9-17(16)14-18)23-22(24)19-10-7-11-20(15-19)25-4-2/h7,10-15,21H,3-6,8-9H2,1-2H3,(H,23,24). The van der Waals surface area contributed by atoms with Crippen LogP contribution in [0.1, 0.15) is 66.2 Å². The third kappa shape index (κ3) is 4.22. The normalized spacial score (nSPS) is 14.5. The summed E-state index contributed by atoms with van der Waals surface area (Å²) in [6, 6.07) is 14.1. The molecule has 3 nitrogen and oxygen atoms in total. The molecule has 0 aliphatic heterocycles. The molecule has 0 aromatic heterocycles. The summed E-state index contributed by atoms with van der Waals surface area (Å²) in [4.78, 5) is 12.7. The summed E-state index contributed by atoms with van der Waals surface area (Å²) in [6.07, 6.45) is 5.77. The van der Waals surface area contributed by atoms with Gasteiger partial charge in [-0.1, -0.05) is 31.2 Å². The maximum Gasteiger partial charge on any atom is 0.251 e. The van der Waals surface area contributed by atoms with Gasteiger partial charge >= 0.3 is 0 Å². The molecular weight excluding hydrogens is 310 g/mol. The van der Waals surface area contributed by atoms with Gasteiger partial charge < -0.3 is 10.1 Å². The molecule has 0 bridgehead atoms. The van der Waals surface area contributed by atoms with Crippen molar-refractivity contribution in [1.29, 1.82) is 0 Å². The van der Waals surface area contributed by atoms with Crippen molar-refractivity contribution in [3.8, 4) is 5.75 Å². The highest BCUT2D eigenvalue weighted by Gasteiger charge is 2.17. The summed E-state index contributed by atoms with van der Waals surface area (Å²) >= 11 is 0. The van der Waals surface area contributed by atoms with Crippen molar-refractivity contribution in [1.82, 2.24) is 5.32 Å². The summed E-state index contributed by atoms with van der Waals surface area (Å²) in [5.41, 5.74) is 4.77. The fraction of sp³-hybridized carbons (Fsp3) is 0.409. The van der Waals surface area contributed by atoms with E-state index in [1.807, 2.05) is 25.1 Å². The van der Waals surface area contributed by atoms with Crippen molar-refractivity contribution in [3.63, 3.8) is 0 Å². The number of ether oxygens (including phenoxy) is 1. The average molecular weight is 337 g/mol. The van der Waals surface area contributed by atoms with Gasteiger partial charge in [-0.15, -0.1) is 0 Å². The number of hydrogen-bond donors (Lipinski definition) is 1. The van der Waals surface area contributed by atoms with Gasteiger partial charge in [-0.05, 0) is 73.9 Å². The minimum Gasteiger partial charge on any atom is -0.494 e. The van der Waals surface area contributed by atoms with E-state index in [0.29, 0.717) is 12.2 Å². The lowest BCUT2D eigenvalue weighted by Gasteiger charge is -2.22. The summed E-state index contributed by atoms with van der Waals surface area (Å²) in [6.45, 7) is 4.65. The minimum absolute atomic E-state index is 0.0375. The highest BCUT2D eigenvalue weighted by Crippen LogP contribution is 2.26. The zero-order valence-electron chi connectivity index (χ0n) is 15.2. The fourth-order valence-corrected chi connectivity index (χ4v) is 3.53. The van der Waals surface area contributed by atoms with Crippen LogP contribution in [0.5, 0.6) is 5.75 Å². The van der Waals surface area contributed by atoms with E-state index in [4.69, 9.17) is 4.74 Å². The topological polar surface area (TPSA) is 38.3 Å². The molecule has 2 aromatic rings. The number of carbonyl (C=O) groups is 1. The van der Waals surface area contributed by atoms with Gasteiger partial charge in [0.1, 0.15) is 5.75 Å². The Labute approximate surface area is 150 Å². The zero-order valence-corrected chi connectivity index (χ0v) is 15.2. The Balaban J connectivity index is 1.75. The Hall–Kier alpha value is -2.29. The van der Waals surface area contributed by atoms with Crippen molar-refractivity contribution in [2.24, 2.45) is 0 Å². The van der Waals surface area contributed by atoms with Gasteiger partial charge in [-0.25, -0.2) is 0 Å². The maximum absolute atomic E-state index is 12.7. The molecule has 1 aliphatic carbocycles. The van der Waals surface area contributed by atoms with Gasteiger partial charge in [-0.3, -0.25) is 4.79 Å². The van der Waals surface area contributed by atoms with Crippen molar-refractivity contribution >= 4 is 5.91 Å². The Morgan fingerprint density at radius 2 is 1.88 bits per heavy atom. The quantitative estimate of drug-likeness (QED) is 0.818. The lowest BCUT2D eigenvalue weighted by molar-refractivity contribution is 0.0935. The Kier molecular flexibility index (Phi) is 5.75. The largest absolute Gasteiger partial charge is 0.494 e. The van der Waals surface area contributed by atoms with Crippen LogP contribution in [0.25, 0.3) is 0 Å². The molecule has 3 rings (SSSR count). The molecule has 3 heteroatoms. The third-order valence-electron chi connectivity index (χ3n) is 4.90. The molecule has 0 saturated heterocycles. The number of nitrogens with one attached hydrogen (secondary N) is 1. The monoisotopic (exact) mass is 337 g/mol. The molecule has 1 N–H and O–H groups in total. The number of amides is 1. The van der Waals surface area contributed by atoms with Crippen molar-refractivity contribution in [2.75, 3.05) is 6.61 Å². The van der Waals surface area contributed by atoms with E-state index in [-0.39, 0.29) is 11.9 Å². The average Bonchev–Trinajstić information content (AvgIpc) is 2.66. The van der Waals surface area contributed by atoms with Gasteiger partial charge in [-0.2, -0.15) is 0 Å². The van der Waals surface area contributed by atoms with Gasteiger partial charge in [0.15, 0.2) is 0 Å². The highest BCUT2D eigenvalue weighted by atomic mass is 16.5. The summed E-state index contributed by atoms with van der Waals surface area (Å²) in [7, 11) is 0. The van der Waals surface area contributed by atoms with Crippen molar-refractivity contribution in [3.05, 3.63) is 64.7 Å². The molecule has 0 heterocycles. The molecule has 1 aliphatic rings. The molecule has 0 spiro atoms. The van der Waals surface area contributed by atoms with E-state index in [1.54, 1.807) is 6.07 Å². The molecule has 1 unspecified atom stereocenters.